The second-order valence-corrected chi connectivity index (χ2v) is 4.14. The highest BCUT2D eigenvalue weighted by Crippen LogP contribution is 1.89. The molecule has 0 fully saturated rings. The van der Waals surface area contributed by atoms with Crippen LogP contribution in [0.4, 0.5) is 0 Å². The summed E-state index contributed by atoms with van der Waals surface area (Å²) < 4.78 is 10.5. The summed E-state index contributed by atoms with van der Waals surface area (Å²) in [6.45, 7) is 7.60. The van der Waals surface area contributed by atoms with Crippen molar-refractivity contribution in [2.75, 3.05) is 33.0 Å². The Morgan fingerprint density at radius 1 is 1.19 bits per heavy atom. The Kier molecular flexibility index (Phi) is 9.86. The molecule has 0 aliphatic heterocycles. The van der Waals surface area contributed by atoms with E-state index in [9.17, 15) is 5.11 Å². The van der Waals surface area contributed by atoms with Crippen LogP contribution >= 0.6 is 0 Å². The maximum absolute atomic E-state index is 9.49. The number of aliphatic hydroxyl groups excluding tert-OH is 2. The second-order valence-electron chi connectivity index (χ2n) is 4.14. The first-order chi connectivity index (χ1) is 7.56. The van der Waals surface area contributed by atoms with Gasteiger partial charge in [0.25, 0.3) is 0 Å². The van der Waals surface area contributed by atoms with Crippen molar-refractivity contribution in [3.05, 3.63) is 0 Å². The molecule has 0 radical (unpaired) electrons. The van der Waals surface area contributed by atoms with Crippen LogP contribution in [0.2, 0.25) is 0 Å². The Balaban J connectivity index is 3.27. The van der Waals surface area contributed by atoms with Gasteiger partial charge in [-0.05, 0) is 20.8 Å². The van der Waals surface area contributed by atoms with Crippen LogP contribution < -0.4 is 5.32 Å². The molecule has 0 aliphatic rings. The van der Waals surface area contributed by atoms with Gasteiger partial charge in [0.05, 0.1) is 38.6 Å². The van der Waals surface area contributed by atoms with E-state index >= 15 is 0 Å². The summed E-state index contributed by atoms with van der Waals surface area (Å²) in [6.07, 6.45) is -0.339. The van der Waals surface area contributed by atoms with Gasteiger partial charge in [-0.3, -0.25) is 0 Å². The van der Waals surface area contributed by atoms with E-state index in [-0.39, 0.29) is 25.4 Å². The lowest BCUT2D eigenvalue weighted by Gasteiger charge is -2.15. The van der Waals surface area contributed by atoms with Crippen molar-refractivity contribution < 1.29 is 19.7 Å². The van der Waals surface area contributed by atoms with E-state index in [2.05, 4.69) is 5.32 Å². The molecule has 0 aromatic carbocycles. The molecule has 0 bridgehead atoms. The van der Waals surface area contributed by atoms with Crippen molar-refractivity contribution in [3.8, 4) is 0 Å². The lowest BCUT2D eigenvalue weighted by molar-refractivity contribution is -0.0107. The average Bonchev–Trinajstić information content (AvgIpc) is 2.24. The van der Waals surface area contributed by atoms with Crippen LogP contribution in [0.25, 0.3) is 0 Å². The predicted octanol–water partition coefficient (Wildman–Crippen LogP) is -0.241. The van der Waals surface area contributed by atoms with Gasteiger partial charge in [0.1, 0.15) is 0 Å². The molecule has 0 amide bonds. The topological polar surface area (TPSA) is 71.0 Å². The number of ether oxygens (including phenoxy) is 2. The first-order valence-corrected chi connectivity index (χ1v) is 5.78. The Bertz CT molecular complexity index is 155. The zero-order valence-corrected chi connectivity index (χ0v) is 10.5. The first-order valence-electron chi connectivity index (χ1n) is 5.78. The molecule has 0 saturated heterocycles. The van der Waals surface area contributed by atoms with Crippen LogP contribution in [0.15, 0.2) is 0 Å². The molecule has 2 unspecified atom stereocenters. The third kappa shape index (κ3) is 10.3. The number of aliphatic hydroxyl groups is 2. The van der Waals surface area contributed by atoms with Gasteiger partial charge in [0.15, 0.2) is 0 Å². The Hall–Kier alpha value is -0.200. The van der Waals surface area contributed by atoms with Crippen LogP contribution in [0, 0.1) is 0 Å². The van der Waals surface area contributed by atoms with E-state index in [4.69, 9.17) is 14.6 Å². The molecular formula is C11H25NO4. The molecule has 3 N–H and O–H groups in total. The Morgan fingerprint density at radius 3 is 2.44 bits per heavy atom. The van der Waals surface area contributed by atoms with Gasteiger partial charge in [0.2, 0.25) is 0 Å². The van der Waals surface area contributed by atoms with Crippen LogP contribution in [0.3, 0.4) is 0 Å². The maximum atomic E-state index is 9.49. The molecule has 5 heteroatoms. The SMILES string of the molecule is CC(CO)NCC(O)COCCOC(C)C. The quantitative estimate of drug-likeness (QED) is 0.456. The normalized spacial score (nSPS) is 15.4. The minimum atomic E-state index is -0.548. The molecule has 0 aromatic heterocycles. The van der Waals surface area contributed by atoms with Crippen molar-refractivity contribution in [1.82, 2.24) is 5.32 Å². The lowest BCUT2D eigenvalue weighted by Crippen LogP contribution is -2.37. The molecule has 98 valence electrons. The zero-order valence-electron chi connectivity index (χ0n) is 10.5. The van der Waals surface area contributed by atoms with Gasteiger partial charge in [-0.25, -0.2) is 0 Å². The monoisotopic (exact) mass is 235 g/mol. The van der Waals surface area contributed by atoms with Crippen molar-refractivity contribution >= 4 is 0 Å². The molecule has 0 heterocycles. The molecule has 16 heavy (non-hydrogen) atoms. The molecule has 0 rings (SSSR count). The van der Waals surface area contributed by atoms with Crippen LogP contribution in [-0.4, -0.2) is 61.4 Å². The molecule has 2 atom stereocenters. The molecule has 0 saturated carbocycles. The van der Waals surface area contributed by atoms with Crippen molar-refractivity contribution in [2.24, 2.45) is 0 Å². The van der Waals surface area contributed by atoms with Crippen LogP contribution in [0.1, 0.15) is 20.8 Å². The van der Waals surface area contributed by atoms with Crippen molar-refractivity contribution in [2.45, 2.75) is 39.0 Å². The van der Waals surface area contributed by atoms with E-state index in [0.29, 0.717) is 19.8 Å². The third-order valence-electron chi connectivity index (χ3n) is 1.96. The first kappa shape index (κ1) is 15.8. The largest absolute Gasteiger partial charge is 0.395 e. The number of rotatable bonds is 10. The van der Waals surface area contributed by atoms with Crippen molar-refractivity contribution in [3.63, 3.8) is 0 Å². The van der Waals surface area contributed by atoms with E-state index in [1.165, 1.54) is 0 Å². The van der Waals surface area contributed by atoms with Gasteiger partial charge in [-0.2, -0.15) is 0 Å². The van der Waals surface area contributed by atoms with Gasteiger partial charge in [0, 0.05) is 12.6 Å². The summed E-state index contributed by atoms with van der Waals surface area (Å²) in [5.41, 5.74) is 0. The Morgan fingerprint density at radius 2 is 1.88 bits per heavy atom. The number of nitrogens with one attached hydrogen (secondary N) is 1. The smallest absolute Gasteiger partial charge is 0.0897 e. The number of hydrogen-bond donors (Lipinski definition) is 3. The minimum absolute atomic E-state index is 0.000996. The molecule has 0 aromatic rings. The summed E-state index contributed by atoms with van der Waals surface area (Å²) in [5.74, 6) is 0. The fourth-order valence-corrected chi connectivity index (χ4v) is 1.02. The predicted molar refractivity (Wildman–Crippen MR) is 62.5 cm³/mol. The van der Waals surface area contributed by atoms with Gasteiger partial charge < -0.3 is 25.0 Å². The summed E-state index contributed by atoms with van der Waals surface area (Å²) in [5, 5.41) is 21.2. The molecule has 0 aliphatic carbocycles. The summed E-state index contributed by atoms with van der Waals surface area (Å²) >= 11 is 0. The minimum Gasteiger partial charge on any atom is -0.395 e. The number of hydrogen-bond acceptors (Lipinski definition) is 5. The summed E-state index contributed by atoms with van der Waals surface area (Å²) in [7, 11) is 0. The molecule has 5 nitrogen and oxygen atoms in total. The van der Waals surface area contributed by atoms with Gasteiger partial charge in [-0.15, -0.1) is 0 Å². The highest BCUT2D eigenvalue weighted by molar-refractivity contribution is 4.63. The average molecular weight is 235 g/mol. The zero-order chi connectivity index (χ0) is 12.4. The summed E-state index contributed by atoms with van der Waals surface area (Å²) in [6, 6.07) is -0.000996. The highest BCUT2D eigenvalue weighted by atomic mass is 16.5. The van der Waals surface area contributed by atoms with E-state index in [1.54, 1.807) is 0 Å². The Labute approximate surface area is 97.8 Å². The lowest BCUT2D eigenvalue weighted by atomic mass is 10.3. The van der Waals surface area contributed by atoms with Crippen LogP contribution in [0.5, 0.6) is 0 Å². The van der Waals surface area contributed by atoms with Gasteiger partial charge >= 0.3 is 0 Å². The fourth-order valence-electron chi connectivity index (χ4n) is 1.02. The fraction of sp³-hybridized carbons (Fsp3) is 1.00. The van der Waals surface area contributed by atoms with E-state index in [1.807, 2.05) is 20.8 Å². The maximum Gasteiger partial charge on any atom is 0.0897 e. The van der Waals surface area contributed by atoms with Gasteiger partial charge in [-0.1, -0.05) is 0 Å². The van der Waals surface area contributed by atoms with E-state index in [0.717, 1.165) is 0 Å². The van der Waals surface area contributed by atoms with Crippen LogP contribution in [-0.2, 0) is 9.47 Å². The molecular weight excluding hydrogens is 210 g/mol. The third-order valence-corrected chi connectivity index (χ3v) is 1.96. The second kappa shape index (κ2) is 9.99. The standard InChI is InChI=1S/C11H25NO4/c1-9(2)16-5-4-15-8-11(14)6-12-10(3)7-13/h9-14H,4-8H2,1-3H3. The highest BCUT2D eigenvalue weighted by Gasteiger charge is 2.06. The summed E-state index contributed by atoms with van der Waals surface area (Å²) in [4.78, 5) is 0. The van der Waals surface area contributed by atoms with Crippen molar-refractivity contribution in [1.29, 1.82) is 0 Å². The molecule has 0 spiro atoms. The van der Waals surface area contributed by atoms with E-state index < -0.39 is 6.10 Å².